The highest BCUT2D eigenvalue weighted by Crippen LogP contribution is 2.22. The Balaban J connectivity index is 1.92. The molecule has 1 heterocycles. The van der Waals surface area contributed by atoms with Crippen LogP contribution in [0.3, 0.4) is 0 Å². The van der Waals surface area contributed by atoms with Gasteiger partial charge in [0.1, 0.15) is 11.1 Å². The number of hydrogen-bond donors (Lipinski definition) is 1. The number of nitrogens with zero attached hydrogens (tertiary/aromatic N) is 1. The maximum absolute atomic E-state index is 13.6. The van der Waals surface area contributed by atoms with E-state index >= 15 is 0 Å². The van der Waals surface area contributed by atoms with Gasteiger partial charge in [-0.25, -0.2) is 4.39 Å². The van der Waals surface area contributed by atoms with Crippen molar-refractivity contribution in [3.05, 3.63) is 46.6 Å². The Morgan fingerprint density at radius 2 is 2.16 bits per heavy atom. The molecule has 6 nitrogen and oxygen atoms in total. The van der Waals surface area contributed by atoms with Gasteiger partial charge in [-0.2, -0.15) is 5.26 Å². The SMILES string of the molecule is COc1ccc(CC(=O)O[C@@H](C)C(=O)Nc2sccc2C#N)cc1F. The summed E-state index contributed by atoms with van der Waals surface area (Å²) < 4.78 is 23.5. The van der Waals surface area contributed by atoms with E-state index in [1.807, 2.05) is 6.07 Å². The lowest BCUT2D eigenvalue weighted by Gasteiger charge is -2.13. The van der Waals surface area contributed by atoms with E-state index in [4.69, 9.17) is 14.7 Å². The van der Waals surface area contributed by atoms with Gasteiger partial charge in [0, 0.05) is 0 Å². The monoisotopic (exact) mass is 362 g/mol. The molecule has 8 heteroatoms. The van der Waals surface area contributed by atoms with E-state index in [0.717, 1.165) is 0 Å². The van der Waals surface area contributed by atoms with Crippen LogP contribution >= 0.6 is 11.3 Å². The Hall–Kier alpha value is -2.92. The first-order valence-corrected chi connectivity index (χ1v) is 8.13. The van der Waals surface area contributed by atoms with E-state index in [9.17, 15) is 14.0 Å². The minimum atomic E-state index is -1.05. The van der Waals surface area contributed by atoms with Gasteiger partial charge in [0.25, 0.3) is 5.91 Å². The van der Waals surface area contributed by atoms with Crippen molar-refractivity contribution in [2.75, 3.05) is 12.4 Å². The van der Waals surface area contributed by atoms with Gasteiger partial charge in [-0.05, 0) is 36.1 Å². The Kier molecular flexibility index (Phi) is 6.08. The van der Waals surface area contributed by atoms with E-state index in [1.54, 1.807) is 17.5 Å². The van der Waals surface area contributed by atoms with Gasteiger partial charge in [0.15, 0.2) is 17.7 Å². The summed E-state index contributed by atoms with van der Waals surface area (Å²) in [5.41, 5.74) is 0.742. The summed E-state index contributed by atoms with van der Waals surface area (Å²) in [7, 11) is 1.35. The van der Waals surface area contributed by atoms with E-state index in [-0.39, 0.29) is 12.2 Å². The number of esters is 1. The van der Waals surface area contributed by atoms with Crippen LogP contribution < -0.4 is 10.1 Å². The molecule has 0 saturated carbocycles. The Bertz CT molecular complexity index is 828. The molecule has 25 heavy (non-hydrogen) atoms. The van der Waals surface area contributed by atoms with Crippen molar-refractivity contribution in [3.63, 3.8) is 0 Å². The summed E-state index contributed by atoms with van der Waals surface area (Å²) in [6.07, 6.45) is -1.23. The van der Waals surface area contributed by atoms with Crippen molar-refractivity contribution in [3.8, 4) is 11.8 Å². The molecule has 0 aliphatic heterocycles. The molecule has 1 amide bonds. The van der Waals surface area contributed by atoms with Gasteiger partial charge >= 0.3 is 5.97 Å². The van der Waals surface area contributed by atoms with Crippen molar-refractivity contribution in [1.82, 2.24) is 0 Å². The third-order valence-corrected chi connectivity index (χ3v) is 4.09. The molecule has 0 saturated heterocycles. The lowest BCUT2D eigenvalue weighted by molar-refractivity contribution is -0.152. The number of methoxy groups -OCH3 is 1. The number of benzene rings is 1. The second-order valence-electron chi connectivity index (χ2n) is 5.04. The quantitative estimate of drug-likeness (QED) is 0.798. The van der Waals surface area contributed by atoms with Crippen LogP contribution in [0.1, 0.15) is 18.1 Å². The summed E-state index contributed by atoms with van der Waals surface area (Å²) in [5, 5.41) is 13.5. The number of nitrogens with one attached hydrogen (secondary N) is 1. The number of ether oxygens (including phenoxy) is 2. The first kappa shape index (κ1) is 18.4. The Labute approximate surface area is 147 Å². The van der Waals surface area contributed by atoms with Crippen molar-refractivity contribution < 1.29 is 23.5 Å². The zero-order valence-corrected chi connectivity index (χ0v) is 14.4. The van der Waals surface area contributed by atoms with Crippen LogP contribution in [0, 0.1) is 17.1 Å². The fourth-order valence-corrected chi connectivity index (χ4v) is 2.73. The lowest BCUT2D eigenvalue weighted by Crippen LogP contribution is -2.30. The Morgan fingerprint density at radius 1 is 1.40 bits per heavy atom. The first-order valence-electron chi connectivity index (χ1n) is 7.25. The van der Waals surface area contributed by atoms with E-state index in [0.29, 0.717) is 16.1 Å². The molecule has 1 aromatic heterocycles. The second kappa shape index (κ2) is 8.26. The highest BCUT2D eigenvalue weighted by atomic mass is 32.1. The average Bonchev–Trinajstić information content (AvgIpc) is 3.02. The number of carbonyl (C=O) groups is 2. The highest BCUT2D eigenvalue weighted by molar-refractivity contribution is 7.14. The number of amides is 1. The molecular formula is C17H15FN2O4S. The summed E-state index contributed by atoms with van der Waals surface area (Å²) in [6.45, 7) is 1.42. The number of anilines is 1. The molecule has 2 rings (SSSR count). The van der Waals surface area contributed by atoms with Gasteiger partial charge in [-0.3, -0.25) is 9.59 Å². The van der Waals surface area contributed by atoms with Crippen LogP contribution in [0.4, 0.5) is 9.39 Å². The van der Waals surface area contributed by atoms with E-state index < -0.39 is 23.8 Å². The van der Waals surface area contributed by atoms with Crippen LogP contribution in [0.15, 0.2) is 29.6 Å². The minimum Gasteiger partial charge on any atom is -0.494 e. The van der Waals surface area contributed by atoms with Crippen LogP contribution in [0.25, 0.3) is 0 Å². The second-order valence-corrected chi connectivity index (χ2v) is 5.96. The largest absolute Gasteiger partial charge is 0.494 e. The fraction of sp³-hybridized carbons (Fsp3) is 0.235. The summed E-state index contributed by atoms with van der Waals surface area (Å²) in [5.74, 6) is -1.72. The normalized spacial score (nSPS) is 11.3. The van der Waals surface area contributed by atoms with E-state index in [2.05, 4.69) is 5.32 Å². The van der Waals surface area contributed by atoms with Gasteiger partial charge < -0.3 is 14.8 Å². The minimum absolute atomic E-state index is 0.0779. The zero-order chi connectivity index (χ0) is 18.4. The molecule has 0 bridgehead atoms. The number of thiophene rings is 1. The number of halogens is 1. The molecular weight excluding hydrogens is 347 g/mol. The maximum Gasteiger partial charge on any atom is 0.311 e. The molecule has 1 aromatic carbocycles. The third-order valence-electron chi connectivity index (χ3n) is 3.26. The number of nitriles is 1. The molecule has 0 aliphatic carbocycles. The van der Waals surface area contributed by atoms with Crippen LogP contribution in [0.5, 0.6) is 5.75 Å². The highest BCUT2D eigenvalue weighted by Gasteiger charge is 2.20. The fourth-order valence-electron chi connectivity index (χ4n) is 1.99. The van der Waals surface area contributed by atoms with Crippen molar-refractivity contribution in [2.45, 2.75) is 19.4 Å². The molecule has 0 spiro atoms. The summed E-state index contributed by atoms with van der Waals surface area (Å²) in [6, 6.07) is 7.66. The van der Waals surface area contributed by atoms with Gasteiger partial charge in [0.2, 0.25) is 0 Å². The standard InChI is InChI=1S/C17H15FN2O4S/c1-10(16(22)20-17-12(9-19)5-6-25-17)24-15(21)8-11-3-4-14(23-2)13(18)7-11/h3-7,10H,8H2,1-2H3,(H,20,22)/t10-/m0/s1. The van der Waals surface area contributed by atoms with Crippen molar-refractivity contribution >= 4 is 28.2 Å². The topological polar surface area (TPSA) is 88.4 Å². The van der Waals surface area contributed by atoms with E-state index in [1.165, 1.54) is 37.5 Å². The van der Waals surface area contributed by atoms with Gasteiger partial charge in [0.05, 0.1) is 19.1 Å². The van der Waals surface area contributed by atoms with Crippen molar-refractivity contribution in [2.24, 2.45) is 0 Å². The molecule has 0 aliphatic rings. The van der Waals surface area contributed by atoms with Gasteiger partial charge in [-0.15, -0.1) is 11.3 Å². The van der Waals surface area contributed by atoms with Crippen LogP contribution in [-0.4, -0.2) is 25.1 Å². The van der Waals surface area contributed by atoms with Crippen molar-refractivity contribution in [1.29, 1.82) is 5.26 Å². The van der Waals surface area contributed by atoms with Crippen LogP contribution in [0.2, 0.25) is 0 Å². The molecule has 0 radical (unpaired) electrons. The summed E-state index contributed by atoms with van der Waals surface area (Å²) >= 11 is 1.20. The third kappa shape index (κ3) is 4.78. The van der Waals surface area contributed by atoms with Crippen LogP contribution in [-0.2, 0) is 20.7 Å². The maximum atomic E-state index is 13.6. The zero-order valence-electron chi connectivity index (χ0n) is 13.5. The molecule has 1 N–H and O–H groups in total. The Morgan fingerprint density at radius 3 is 2.80 bits per heavy atom. The predicted molar refractivity (Wildman–Crippen MR) is 89.9 cm³/mol. The molecule has 1 atom stereocenters. The number of hydrogen-bond acceptors (Lipinski definition) is 6. The number of carbonyl (C=O) groups excluding carboxylic acids is 2. The molecule has 130 valence electrons. The van der Waals surface area contributed by atoms with Gasteiger partial charge in [-0.1, -0.05) is 6.07 Å². The average molecular weight is 362 g/mol. The lowest BCUT2D eigenvalue weighted by atomic mass is 10.1. The predicted octanol–water partition coefficient (Wildman–Crippen LogP) is 2.88. The molecule has 0 fully saturated rings. The first-order chi connectivity index (χ1) is 11.9. The number of rotatable bonds is 6. The smallest absolute Gasteiger partial charge is 0.311 e. The molecule has 2 aromatic rings. The molecule has 0 unspecified atom stereocenters. The summed E-state index contributed by atoms with van der Waals surface area (Å²) in [4.78, 5) is 23.9.